The lowest BCUT2D eigenvalue weighted by Crippen LogP contribution is -2.60. The van der Waals surface area contributed by atoms with Gasteiger partial charge in [0.2, 0.25) is 5.91 Å². The van der Waals surface area contributed by atoms with E-state index in [0.717, 1.165) is 29.6 Å². The van der Waals surface area contributed by atoms with Crippen LogP contribution in [0.4, 0.5) is 0 Å². The van der Waals surface area contributed by atoms with Crippen LogP contribution in [0.25, 0.3) is 5.57 Å². The number of fused-ring (bicyclic) bond motifs is 5. The molecule has 3 saturated carbocycles. The Hall–Kier alpha value is -1.77. The summed E-state index contributed by atoms with van der Waals surface area (Å²) in [6, 6.07) is 4.18. The lowest BCUT2D eigenvalue weighted by molar-refractivity contribution is -0.121. The monoisotopic (exact) mass is 365 g/mol. The molecule has 5 rings (SSSR count). The summed E-state index contributed by atoms with van der Waals surface area (Å²) < 4.78 is 5.79. The van der Waals surface area contributed by atoms with E-state index in [4.69, 9.17) is 4.42 Å². The van der Waals surface area contributed by atoms with Gasteiger partial charge >= 0.3 is 0 Å². The molecular formula is C24H31NO2. The van der Waals surface area contributed by atoms with Gasteiger partial charge in [0.15, 0.2) is 0 Å². The first-order valence-electron chi connectivity index (χ1n) is 10.7. The third-order valence-electron chi connectivity index (χ3n) is 9.04. The van der Waals surface area contributed by atoms with Crippen molar-refractivity contribution >= 4 is 11.5 Å². The van der Waals surface area contributed by atoms with Crippen molar-refractivity contribution in [3.8, 4) is 0 Å². The highest BCUT2D eigenvalue weighted by Crippen LogP contribution is 2.66. The summed E-state index contributed by atoms with van der Waals surface area (Å²) in [6.45, 7) is 9.06. The first-order chi connectivity index (χ1) is 13.0. The van der Waals surface area contributed by atoms with E-state index in [1.54, 1.807) is 6.26 Å². The SMILES string of the molecule is C=C[C@H]1CC[C@H]2[C@@H]3CCC4NC(=O)C=C(c5ccco5)[C@]4(C)[C@H]3CC[C@]12C. The molecule has 3 aliphatic carbocycles. The zero-order chi connectivity index (χ0) is 18.8. The summed E-state index contributed by atoms with van der Waals surface area (Å²) >= 11 is 0. The van der Waals surface area contributed by atoms with Gasteiger partial charge in [-0.3, -0.25) is 4.79 Å². The van der Waals surface area contributed by atoms with Gasteiger partial charge in [-0.25, -0.2) is 0 Å². The maximum Gasteiger partial charge on any atom is 0.244 e. The molecule has 0 spiro atoms. The van der Waals surface area contributed by atoms with Crippen molar-refractivity contribution in [3.05, 3.63) is 42.9 Å². The Morgan fingerprint density at radius 3 is 2.78 bits per heavy atom. The number of hydrogen-bond acceptors (Lipinski definition) is 2. The molecule has 1 unspecified atom stereocenters. The predicted molar refractivity (Wildman–Crippen MR) is 107 cm³/mol. The normalized spacial score (nSPS) is 45.9. The minimum absolute atomic E-state index is 0.0376. The molecule has 0 bridgehead atoms. The van der Waals surface area contributed by atoms with Crippen LogP contribution >= 0.6 is 0 Å². The van der Waals surface area contributed by atoms with Crippen molar-refractivity contribution in [2.75, 3.05) is 0 Å². The third-order valence-corrected chi connectivity index (χ3v) is 9.04. The van der Waals surface area contributed by atoms with Gasteiger partial charge in [-0.05, 0) is 79.7 Å². The Kier molecular flexibility index (Phi) is 3.76. The molecule has 0 saturated heterocycles. The fourth-order valence-electron chi connectivity index (χ4n) is 7.66. The number of carbonyl (C=O) groups is 1. The van der Waals surface area contributed by atoms with Crippen LogP contribution in [0.3, 0.4) is 0 Å². The minimum atomic E-state index is -0.0394. The van der Waals surface area contributed by atoms with E-state index in [2.05, 4.69) is 31.8 Å². The molecule has 144 valence electrons. The van der Waals surface area contributed by atoms with Crippen molar-refractivity contribution in [1.29, 1.82) is 0 Å². The smallest absolute Gasteiger partial charge is 0.244 e. The number of nitrogens with one attached hydrogen (secondary N) is 1. The first-order valence-corrected chi connectivity index (χ1v) is 10.7. The predicted octanol–water partition coefficient (Wildman–Crippen LogP) is 5.21. The topological polar surface area (TPSA) is 42.2 Å². The van der Waals surface area contributed by atoms with Crippen molar-refractivity contribution in [3.63, 3.8) is 0 Å². The molecule has 3 nitrogen and oxygen atoms in total. The van der Waals surface area contributed by atoms with Gasteiger partial charge in [0.05, 0.1) is 6.26 Å². The number of amides is 1. The number of carbonyl (C=O) groups excluding carboxylic acids is 1. The summed E-state index contributed by atoms with van der Waals surface area (Å²) in [7, 11) is 0. The van der Waals surface area contributed by atoms with Crippen molar-refractivity contribution in [2.45, 2.75) is 58.4 Å². The van der Waals surface area contributed by atoms with Crippen LogP contribution in [0.15, 0.2) is 41.5 Å². The van der Waals surface area contributed by atoms with Crippen LogP contribution in [-0.2, 0) is 4.79 Å². The van der Waals surface area contributed by atoms with Gasteiger partial charge in [0.25, 0.3) is 0 Å². The van der Waals surface area contributed by atoms with E-state index >= 15 is 0 Å². The Balaban J connectivity index is 1.57. The lowest BCUT2D eigenvalue weighted by atomic mass is 9.46. The summed E-state index contributed by atoms with van der Waals surface area (Å²) in [4.78, 5) is 12.4. The standard InChI is InChI=1S/C24H31NO2/c1-4-15-7-9-17-16-8-10-21-24(3,18(16)11-12-23(15,17)2)19(14-22(26)25-21)20-6-5-13-27-20/h4-6,13-18,21H,1,7-12H2,2-3H3,(H,25,26)/t15-,16-,17-,18-,21?,23+,24-/m0/s1. The van der Waals surface area contributed by atoms with E-state index in [9.17, 15) is 4.79 Å². The van der Waals surface area contributed by atoms with Gasteiger partial charge in [0.1, 0.15) is 5.76 Å². The molecule has 0 aromatic carbocycles. The van der Waals surface area contributed by atoms with Crippen molar-refractivity contribution in [1.82, 2.24) is 5.32 Å². The fraction of sp³-hybridized carbons (Fsp3) is 0.625. The molecule has 3 fully saturated rings. The quantitative estimate of drug-likeness (QED) is 0.731. The second-order valence-electron chi connectivity index (χ2n) is 9.80. The Morgan fingerprint density at radius 2 is 2.04 bits per heavy atom. The van der Waals surface area contributed by atoms with E-state index in [0.29, 0.717) is 17.3 Å². The Labute approximate surface area is 162 Å². The second kappa shape index (κ2) is 5.86. The molecule has 4 aliphatic rings. The molecule has 1 N–H and O–H groups in total. The van der Waals surface area contributed by atoms with E-state index < -0.39 is 0 Å². The minimum Gasteiger partial charge on any atom is -0.465 e. The molecule has 27 heavy (non-hydrogen) atoms. The van der Waals surface area contributed by atoms with Gasteiger partial charge in [-0.15, -0.1) is 6.58 Å². The summed E-state index contributed by atoms with van der Waals surface area (Å²) in [5, 5.41) is 3.30. The first kappa shape index (κ1) is 17.3. The van der Waals surface area contributed by atoms with Gasteiger partial charge in [-0.2, -0.15) is 0 Å². The maximum atomic E-state index is 12.4. The van der Waals surface area contributed by atoms with Crippen LogP contribution in [-0.4, -0.2) is 11.9 Å². The largest absolute Gasteiger partial charge is 0.465 e. The van der Waals surface area contributed by atoms with Crippen LogP contribution in [0.1, 0.15) is 58.1 Å². The van der Waals surface area contributed by atoms with E-state index in [-0.39, 0.29) is 17.4 Å². The van der Waals surface area contributed by atoms with Crippen molar-refractivity contribution in [2.24, 2.45) is 34.5 Å². The third kappa shape index (κ3) is 2.23. The number of furan rings is 1. The highest BCUT2D eigenvalue weighted by atomic mass is 16.3. The van der Waals surface area contributed by atoms with Gasteiger partial charge in [0, 0.05) is 23.1 Å². The number of hydrogen-bond donors (Lipinski definition) is 1. The second-order valence-corrected chi connectivity index (χ2v) is 9.80. The zero-order valence-electron chi connectivity index (χ0n) is 16.5. The average Bonchev–Trinajstić information content (AvgIpc) is 3.28. The Morgan fingerprint density at radius 1 is 1.19 bits per heavy atom. The van der Waals surface area contributed by atoms with Gasteiger partial charge < -0.3 is 9.73 Å². The zero-order valence-corrected chi connectivity index (χ0v) is 16.5. The molecule has 0 radical (unpaired) electrons. The van der Waals surface area contributed by atoms with Gasteiger partial charge in [-0.1, -0.05) is 19.9 Å². The van der Waals surface area contributed by atoms with Crippen LogP contribution in [0, 0.1) is 34.5 Å². The highest BCUT2D eigenvalue weighted by Gasteiger charge is 2.61. The molecule has 1 aromatic rings. The molecule has 1 aliphatic heterocycles. The molecule has 1 aromatic heterocycles. The van der Waals surface area contributed by atoms with E-state index in [1.165, 1.54) is 32.1 Å². The van der Waals surface area contributed by atoms with E-state index in [1.807, 2.05) is 18.2 Å². The molecular weight excluding hydrogens is 334 g/mol. The van der Waals surface area contributed by atoms with Crippen molar-refractivity contribution < 1.29 is 9.21 Å². The summed E-state index contributed by atoms with van der Waals surface area (Å²) in [5.74, 6) is 3.71. The number of rotatable bonds is 2. The fourth-order valence-corrected chi connectivity index (χ4v) is 7.66. The molecule has 3 heteroatoms. The molecule has 7 atom stereocenters. The van der Waals surface area contributed by atoms with Crippen LogP contribution in [0.2, 0.25) is 0 Å². The molecule has 1 amide bonds. The average molecular weight is 366 g/mol. The highest BCUT2D eigenvalue weighted by molar-refractivity contribution is 5.98. The lowest BCUT2D eigenvalue weighted by Gasteiger charge is -2.60. The van der Waals surface area contributed by atoms with Crippen LogP contribution in [0.5, 0.6) is 0 Å². The number of allylic oxidation sites excluding steroid dienone is 1. The Bertz CT molecular complexity index is 793. The summed E-state index contributed by atoms with van der Waals surface area (Å²) in [5.41, 5.74) is 1.50. The maximum absolute atomic E-state index is 12.4. The van der Waals surface area contributed by atoms with Crippen LogP contribution < -0.4 is 5.32 Å². The summed E-state index contributed by atoms with van der Waals surface area (Å²) in [6.07, 6.45) is 13.2. The molecule has 2 heterocycles.